The third-order valence-corrected chi connectivity index (χ3v) is 2.96. The average Bonchev–Trinajstić information content (AvgIpc) is 3.09. The minimum Gasteiger partial charge on any atom is -0.496 e. The third kappa shape index (κ3) is 2.18. The van der Waals surface area contributed by atoms with E-state index in [9.17, 15) is 0 Å². The van der Waals surface area contributed by atoms with E-state index in [4.69, 9.17) is 14.2 Å². The Labute approximate surface area is 110 Å². The van der Waals surface area contributed by atoms with Crippen molar-refractivity contribution < 1.29 is 14.2 Å². The zero-order chi connectivity index (χ0) is 13.2. The van der Waals surface area contributed by atoms with Crippen LogP contribution in [0.3, 0.4) is 0 Å². The minimum atomic E-state index is -0.397. The highest BCUT2D eigenvalue weighted by Gasteiger charge is 2.23. The topological polar surface area (TPSA) is 71.3 Å². The van der Waals surface area contributed by atoms with E-state index in [1.807, 2.05) is 25.1 Å². The van der Waals surface area contributed by atoms with Crippen molar-refractivity contribution >= 4 is 0 Å². The summed E-state index contributed by atoms with van der Waals surface area (Å²) in [6, 6.07) is 5.66. The maximum Gasteiger partial charge on any atom is 0.187 e. The normalized spacial score (nSPS) is 15.9. The Bertz CT molecular complexity index is 578. The number of aromatic nitrogens is 4. The lowest BCUT2D eigenvalue weighted by Gasteiger charge is -2.15. The molecule has 1 aliphatic rings. The molecule has 0 amide bonds. The summed E-state index contributed by atoms with van der Waals surface area (Å²) < 4.78 is 18.0. The van der Waals surface area contributed by atoms with Gasteiger partial charge in [0, 0.05) is 0 Å². The molecule has 0 saturated carbocycles. The lowest BCUT2D eigenvalue weighted by molar-refractivity contribution is -0.0454. The molecule has 2 heterocycles. The van der Waals surface area contributed by atoms with Crippen LogP contribution >= 0.6 is 0 Å². The molecule has 0 N–H and O–H groups in total. The Morgan fingerprint density at radius 2 is 2.11 bits per heavy atom. The van der Waals surface area contributed by atoms with Crippen molar-refractivity contribution in [1.82, 2.24) is 20.2 Å². The van der Waals surface area contributed by atoms with Gasteiger partial charge in [0.15, 0.2) is 12.1 Å². The van der Waals surface area contributed by atoms with Crippen LogP contribution in [-0.2, 0) is 9.47 Å². The molecule has 1 aromatic heterocycles. The number of hydrogen-bond donors (Lipinski definition) is 0. The molecule has 100 valence electrons. The Kier molecular flexibility index (Phi) is 3.14. The van der Waals surface area contributed by atoms with Gasteiger partial charge in [0.1, 0.15) is 5.75 Å². The molecule has 7 nitrogen and oxygen atoms in total. The number of aryl methyl sites for hydroxylation is 1. The number of rotatable bonds is 3. The predicted octanol–water partition coefficient (Wildman–Crippen LogP) is 1.02. The van der Waals surface area contributed by atoms with Crippen LogP contribution in [0.25, 0.3) is 5.69 Å². The SMILES string of the molecule is COc1ccc(-n2nnnc2C)cc1C1OCCO1. The van der Waals surface area contributed by atoms with E-state index in [0.29, 0.717) is 19.0 Å². The summed E-state index contributed by atoms with van der Waals surface area (Å²) in [6.45, 7) is 3.01. The third-order valence-electron chi connectivity index (χ3n) is 2.96. The summed E-state index contributed by atoms with van der Waals surface area (Å²) in [5.41, 5.74) is 1.68. The minimum absolute atomic E-state index is 0.397. The van der Waals surface area contributed by atoms with E-state index in [-0.39, 0.29) is 0 Å². The molecule has 0 spiro atoms. The van der Waals surface area contributed by atoms with Gasteiger partial charge < -0.3 is 14.2 Å². The van der Waals surface area contributed by atoms with Crippen LogP contribution in [0.15, 0.2) is 18.2 Å². The van der Waals surface area contributed by atoms with E-state index in [1.165, 1.54) is 0 Å². The highest BCUT2D eigenvalue weighted by molar-refractivity contribution is 5.44. The molecule has 0 aliphatic carbocycles. The van der Waals surface area contributed by atoms with Crippen molar-refractivity contribution in [2.75, 3.05) is 20.3 Å². The van der Waals surface area contributed by atoms with Gasteiger partial charge in [-0.3, -0.25) is 0 Å². The predicted molar refractivity (Wildman–Crippen MR) is 65.1 cm³/mol. The highest BCUT2D eigenvalue weighted by atomic mass is 16.7. The number of tetrazole rings is 1. The number of methoxy groups -OCH3 is 1. The number of ether oxygens (including phenoxy) is 3. The lowest BCUT2D eigenvalue weighted by Crippen LogP contribution is -2.05. The Hall–Kier alpha value is -1.99. The zero-order valence-electron chi connectivity index (χ0n) is 10.7. The Morgan fingerprint density at radius 3 is 2.74 bits per heavy atom. The summed E-state index contributed by atoms with van der Waals surface area (Å²) in [6.07, 6.45) is -0.397. The summed E-state index contributed by atoms with van der Waals surface area (Å²) in [5, 5.41) is 11.5. The fraction of sp³-hybridized carbons (Fsp3) is 0.417. The van der Waals surface area contributed by atoms with Crippen molar-refractivity contribution in [3.8, 4) is 11.4 Å². The Balaban J connectivity index is 2.04. The summed E-state index contributed by atoms with van der Waals surface area (Å²) >= 11 is 0. The molecule has 0 atom stereocenters. The van der Waals surface area contributed by atoms with Gasteiger partial charge in [0.25, 0.3) is 0 Å². The van der Waals surface area contributed by atoms with E-state index in [1.54, 1.807) is 11.8 Å². The largest absolute Gasteiger partial charge is 0.496 e. The standard InChI is InChI=1S/C12H14N4O3/c1-8-13-14-15-16(8)9-3-4-11(17-2)10(7-9)12-18-5-6-19-12/h3-4,7,12H,5-6H2,1-2H3. The molecular formula is C12H14N4O3. The van der Waals surface area contributed by atoms with Crippen molar-refractivity contribution in [1.29, 1.82) is 0 Å². The van der Waals surface area contributed by atoms with E-state index in [2.05, 4.69) is 15.5 Å². The number of benzene rings is 1. The quantitative estimate of drug-likeness (QED) is 0.822. The smallest absolute Gasteiger partial charge is 0.187 e. The summed E-state index contributed by atoms with van der Waals surface area (Å²) in [4.78, 5) is 0. The van der Waals surface area contributed by atoms with Crippen LogP contribution in [0.2, 0.25) is 0 Å². The maximum atomic E-state index is 5.52. The van der Waals surface area contributed by atoms with Crippen molar-refractivity contribution in [2.45, 2.75) is 13.2 Å². The van der Waals surface area contributed by atoms with Crippen molar-refractivity contribution in [3.63, 3.8) is 0 Å². The van der Waals surface area contributed by atoms with Crippen LogP contribution < -0.4 is 4.74 Å². The van der Waals surface area contributed by atoms with Gasteiger partial charge >= 0.3 is 0 Å². The summed E-state index contributed by atoms with van der Waals surface area (Å²) in [5.74, 6) is 1.44. The fourth-order valence-corrected chi connectivity index (χ4v) is 2.05. The fourth-order valence-electron chi connectivity index (χ4n) is 2.05. The van der Waals surface area contributed by atoms with Crippen LogP contribution in [0.5, 0.6) is 5.75 Å². The molecule has 2 aromatic rings. The van der Waals surface area contributed by atoms with Gasteiger partial charge in [0.05, 0.1) is 31.6 Å². The average molecular weight is 262 g/mol. The van der Waals surface area contributed by atoms with Gasteiger partial charge in [-0.2, -0.15) is 4.68 Å². The van der Waals surface area contributed by atoms with Gasteiger partial charge in [-0.25, -0.2) is 0 Å². The molecule has 0 radical (unpaired) electrons. The first-order valence-electron chi connectivity index (χ1n) is 5.96. The van der Waals surface area contributed by atoms with E-state index < -0.39 is 6.29 Å². The zero-order valence-corrected chi connectivity index (χ0v) is 10.7. The molecule has 1 fully saturated rings. The van der Waals surface area contributed by atoms with Crippen LogP contribution in [0, 0.1) is 6.92 Å². The van der Waals surface area contributed by atoms with Gasteiger partial charge in [-0.1, -0.05) is 0 Å². The summed E-state index contributed by atoms with van der Waals surface area (Å²) in [7, 11) is 1.62. The molecule has 3 rings (SSSR count). The molecule has 1 aromatic carbocycles. The molecular weight excluding hydrogens is 248 g/mol. The van der Waals surface area contributed by atoms with Crippen LogP contribution in [-0.4, -0.2) is 40.5 Å². The van der Waals surface area contributed by atoms with Gasteiger partial charge in [0.2, 0.25) is 0 Å². The monoisotopic (exact) mass is 262 g/mol. The second-order valence-electron chi connectivity index (χ2n) is 4.14. The molecule has 0 unspecified atom stereocenters. The Morgan fingerprint density at radius 1 is 1.32 bits per heavy atom. The van der Waals surface area contributed by atoms with Gasteiger partial charge in [-0.15, -0.1) is 5.10 Å². The first-order valence-corrected chi connectivity index (χ1v) is 5.96. The molecule has 19 heavy (non-hydrogen) atoms. The van der Waals surface area contributed by atoms with Crippen LogP contribution in [0.1, 0.15) is 17.7 Å². The molecule has 7 heteroatoms. The second kappa shape index (κ2) is 4.94. The van der Waals surface area contributed by atoms with Gasteiger partial charge in [-0.05, 0) is 35.5 Å². The van der Waals surface area contributed by atoms with Crippen molar-refractivity contribution in [3.05, 3.63) is 29.6 Å². The highest BCUT2D eigenvalue weighted by Crippen LogP contribution is 2.32. The first-order chi connectivity index (χ1) is 9.29. The van der Waals surface area contributed by atoms with Crippen LogP contribution in [0.4, 0.5) is 0 Å². The van der Waals surface area contributed by atoms with Crippen molar-refractivity contribution in [2.24, 2.45) is 0 Å². The van der Waals surface area contributed by atoms with E-state index >= 15 is 0 Å². The van der Waals surface area contributed by atoms with E-state index in [0.717, 1.165) is 17.0 Å². The molecule has 0 bridgehead atoms. The lowest BCUT2D eigenvalue weighted by atomic mass is 10.1. The number of nitrogens with zero attached hydrogens (tertiary/aromatic N) is 4. The second-order valence-corrected chi connectivity index (χ2v) is 4.14. The maximum absolute atomic E-state index is 5.52. The molecule has 1 saturated heterocycles. The molecule has 1 aliphatic heterocycles. The number of hydrogen-bond acceptors (Lipinski definition) is 6. The first kappa shape index (κ1) is 12.1.